The van der Waals surface area contributed by atoms with Crippen LogP contribution in [-0.4, -0.2) is 40.2 Å². The smallest absolute Gasteiger partial charge is 0.260 e. The van der Waals surface area contributed by atoms with Crippen LogP contribution in [0.2, 0.25) is 0 Å². The molecule has 0 bridgehead atoms. The van der Waals surface area contributed by atoms with E-state index >= 15 is 0 Å². The Hall–Kier alpha value is -2.88. The number of carbonyl (C=O) groups is 1. The lowest BCUT2D eigenvalue weighted by Crippen LogP contribution is -2.47. The van der Waals surface area contributed by atoms with Gasteiger partial charge in [-0.25, -0.2) is 0 Å². The fraction of sp³-hybridized carbons (Fsp3) is 0.474. The lowest BCUT2D eigenvalue weighted by Gasteiger charge is -2.37. The number of aryl methyl sites for hydroxylation is 1. The highest BCUT2D eigenvalue weighted by Crippen LogP contribution is 2.32. The molecule has 1 aliphatic rings. The highest BCUT2D eigenvalue weighted by Gasteiger charge is 2.35. The van der Waals surface area contributed by atoms with Gasteiger partial charge in [0.1, 0.15) is 11.8 Å². The molecular weight excluding hydrogens is 332 g/mol. The van der Waals surface area contributed by atoms with Crippen LogP contribution in [0.15, 0.2) is 28.7 Å². The molecule has 1 aromatic carbocycles. The van der Waals surface area contributed by atoms with Crippen molar-refractivity contribution in [1.82, 2.24) is 15.1 Å². The Labute approximate surface area is 152 Å². The molecule has 0 aliphatic carbocycles. The van der Waals surface area contributed by atoms with Crippen molar-refractivity contribution in [2.24, 2.45) is 0 Å². The van der Waals surface area contributed by atoms with Crippen LogP contribution in [0.5, 0.6) is 5.75 Å². The second kappa shape index (κ2) is 8.00. The van der Waals surface area contributed by atoms with Crippen molar-refractivity contribution in [2.75, 3.05) is 13.2 Å². The van der Waals surface area contributed by atoms with Crippen LogP contribution >= 0.6 is 0 Å². The van der Waals surface area contributed by atoms with Gasteiger partial charge in [-0.05, 0) is 31.9 Å². The summed E-state index contributed by atoms with van der Waals surface area (Å²) in [5.74, 6) is 1.57. The van der Waals surface area contributed by atoms with Gasteiger partial charge >= 0.3 is 0 Å². The Kier molecular flexibility index (Phi) is 5.52. The van der Waals surface area contributed by atoms with E-state index in [1.807, 2.05) is 13.8 Å². The van der Waals surface area contributed by atoms with Gasteiger partial charge < -0.3 is 14.1 Å². The highest BCUT2D eigenvalue weighted by atomic mass is 16.5. The lowest BCUT2D eigenvalue weighted by atomic mass is 9.90. The number of aromatic nitrogens is 2. The van der Waals surface area contributed by atoms with Crippen LogP contribution in [-0.2, 0) is 11.2 Å². The van der Waals surface area contributed by atoms with E-state index in [9.17, 15) is 4.79 Å². The molecule has 0 spiro atoms. The molecule has 0 saturated carbocycles. The third kappa shape index (κ3) is 3.69. The fourth-order valence-electron chi connectivity index (χ4n) is 3.29. The van der Waals surface area contributed by atoms with Crippen LogP contribution in [0.1, 0.15) is 50.0 Å². The first-order valence-electron chi connectivity index (χ1n) is 8.87. The normalized spacial score (nSPS) is 19.8. The number of hydrogen-bond acceptors (Lipinski definition) is 6. The van der Waals surface area contributed by atoms with E-state index in [1.165, 1.54) is 0 Å². The van der Waals surface area contributed by atoms with Gasteiger partial charge in [0.15, 0.2) is 6.61 Å². The standard InChI is InChI=1S/C19H22N4O3/c1-3-17-21-22-19(26-17)15-8-6-10-23(13(15)2)18(24)12-25-16-9-5-4-7-14(16)11-20/h4-5,7,9,13,15H,3,6,8,10,12H2,1-2H3/t13-,15-/m0/s1. The van der Waals surface area contributed by atoms with E-state index in [0.29, 0.717) is 36.1 Å². The molecule has 2 heterocycles. The van der Waals surface area contributed by atoms with Crippen molar-refractivity contribution in [1.29, 1.82) is 5.26 Å². The van der Waals surface area contributed by atoms with E-state index in [2.05, 4.69) is 16.3 Å². The molecule has 1 aromatic heterocycles. The zero-order valence-corrected chi connectivity index (χ0v) is 15.0. The van der Waals surface area contributed by atoms with Gasteiger partial charge in [0, 0.05) is 19.0 Å². The van der Waals surface area contributed by atoms with Gasteiger partial charge in [0.25, 0.3) is 5.91 Å². The van der Waals surface area contributed by atoms with Gasteiger partial charge in [-0.1, -0.05) is 19.1 Å². The summed E-state index contributed by atoms with van der Waals surface area (Å²) in [5.41, 5.74) is 0.419. The molecule has 26 heavy (non-hydrogen) atoms. The monoisotopic (exact) mass is 354 g/mol. The average Bonchev–Trinajstić information content (AvgIpc) is 3.15. The molecule has 0 radical (unpaired) electrons. The highest BCUT2D eigenvalue weighted by molar-refractivity contribution is 5.78. The summed E-state index contributed by atoms with van der Waals surface area (Å²) >= 11 is 0. The Bertz CT molecular complexity index is 811. The van der Waals surface area contributed by atoms with Crippen LogP contribution in [0, 0.1) is 11.3 Å². The number of para-hydroxylation sites is 1. The summed E-state index contributed by atoms with van der Waals surface area (Å²) in [7, 11) is 0. The molecule has 0 unspecified atom stereocenters. The maximum Gasteiger partial charge on any atom is 0.260 e. The quantitative estimate of drug-likeness (QED) is 0.820. The maximum atomic E-state index is 12.7. The summed E-state index contributed by atoms with van der Waals surface area (Å²) in [4.78, 5) is 14.5. The van der Waals surface area contributed by atoms with Crippen molar-refractivity contribution in [3.8, 4) is 11.8 Å². The van der Waals surface area contributed by atoms with Crippen molar-refractivity contribution in [3.05, 3.63) is 41.6 Å². The molecule has 7 nitrogen and oxygen atoms in total. The first kappa shape index (κ1) is 17.9. The van der Waals surface area contributed by atoms with Gasteiger partial charge in [0.05, 0.1) is 11.5 Å². The number of ether oxygens (including phenoxy) is 1. The molecule has 1 amide bonds. The number of rotatable bonds is 5. The van der Waals surface area contributed by atoms with Crippen LogP contribution in [0.4, 0.5) is 0 Å². The SMILES string of the molecule is CCc1nnc([C@H]2CCCN(C(=O)COc3ccccc3C#N)[C@H]2C)o1. The summed E-state index contributed by atoms with van der Waals surface area (Å²) in [6.45, 7) is 4.54. The Balaban J connectivity index is 1.66. The summed E-state index contributed by atoms with van der Waals surface area (Å²) < 4.78 is 11.3. The second-order valence-corrected chi connectivity index (χ2v) is 6.36. The molecule has 0 N–H and O–H groups in total. The molecule has 3 rings (SSSR count). The molecule has 1 fully saturated rings. The van der Waals surface area contributed by atoms with Gasteiger partial charge in [-0.15, -0.1) is 10.2 Å². The first-order valence-corrected chi connectivity index (χ1v) is 8.87. The number of amides is 1. The number of benzene rings is 1. The third-order valence-corrected chi connectivity index (χ3v) is 4.77. The van der Waals surface area contributed by atoms with Crippen molar-refractivity contribution >= 4 is 5.91 Å². The Morgan fingerprint density at radius 3 is 2.96 bits per heavy atom. The van der Waals surface area contributed by atoms with E-state index in [0.717, 1.165) is 12.8 Å². The minimum Gasteiger partial charge on any atom is -0.482 e. The minimum absolute atomic E-state index is 0.0342. The number of nitriles is 1. The predicted molar refractivity (Wildman–Crippen MR) is 93.5 cm³/mol. The molecule has 2 atom stereocenters. The lowest BCUT2D eigenvalue weighted by molar-refractivity contribution is -0.137. The van der Waals surface area contributed by atoms with Crippen LogP contribution < -0.4 is 4.74 Å². The van der Waals surface area contributed by atoms with E-state index in [4.69, 9.17) is 14.4 Å². The molecule has 136 valence electrons. The topological polar surface area (TPSA) is 92.3 Å². The van der Waals surface area contributed by atoms with Crippen LogP contribution in [0.3, 0.4) is 0 Å². The molecular formula is C19H22N4O3. The molecule has 1 saturated heterocycles. The van der Waals surface area contributed by atoms with E-state index < -0.39 is 0 Å². The number of likely N-dealkylation sites (tertiary alicyclic amines) is 1. The van der Waals surface area contributed by atoms with Gasteiger partial charge in [0.2, 0.25) is 11.8 Å². The maximum absolute atomic E-state index is 12.7. The van der Waals surface area contributed by atoms with E-state index in [-0.39, 0.29) is 24.5 Å². The second-order valence-electron chi connectivity index (χ2n) is 6.36. The summed E-state index contributed by atoms with van der Waals surface area (Å²) in [6, 6.07) is 8.92. The number of piperidine rings is 1. The average molecular weight is 354 g/mol. The van der Waals surface area contributed by atoms with Crippen LogP contribution in [0.25, 0.3) is 0 Å². The van der Waals surface area contributed by atoms with E-state index in [1.54, 1.807) is 29.2 Å². The predicted octanol–water partition coefficient (Wildman–Crippen LogP) is 2.68. The first-order chi connectivity index (χ1) is 12.6. The zero-order valence-electron chi connectivity index (χ0n) is 15.0. The molecule has 1 aliphatic heterocycles. The zero-order chi connectivity index (χ0) is 18.5. The number of carbonyl (C=O) groups excluding carboxylic acids is 1. The third-order valence-electron chi connectivity index (χ3n) is 4.77. The van der Waals surface area contributed by atoms with Crippen molar-refractivity contribution < 1.29 is 13.9 Å². The van der Waals surface area contributed by atoms with Crippen molar-refractivity contribution in [3.63, 3.8) is 0 Å². The Morgan fingerprint density at radius 1 is 1.42 bits per heavy atom. The molecule has 2 aromatic rings. The summed E-state index contributed by atoms with van der Waals surface area (Å²) in [5, 5.41) is 17.3. The van der Waals surface area contributed by atoms with Crippen molar-refractivity contribution in [2.45, 2.75) is 45.1 Å². The number of nitrogens with zero attached hydrogens (tertiary/aromatic N) is 4. The number of hydrogen-bond donors (Lipinski definition) is 0. The molecule has 7 heteroatoms. The fourth-order valence-corrected chi connectivity index (χ4v) is 3.29. The summed E-state index contributed by atoms with van der Waals surface area (Å²) in [6.07, 6.45) is 2.48. The van der Waals surface area contributed by atoms with Gasteiger partial charge in [-0.2, -0.15) is 5.26 Å². The minimum atomic E-state index is -0.106. The largest absolute Gasteiger partial charge is 0.482 e. The van der Waals surface area contributed by atoms with Gasteiger partial charge in [-0.3, -0.25) is 4.79 Å². The Morgan fingerprint density at radius 2 is 2.23 bits per heavy atom.